The minimum absolute atomic E-state index is 0.463. The third-order valence-electron chi connectivity index (χ3n) is 4.59. The fraction of sp³-hybridized carbons (Fsp3) is 0.474. The number of hydrogen-bond donors (Lipinski definition) is 1. The number of hydrogen-bond acceptors (Lipinski definition) is 3. The number of thioether (sulfide) groups is 1. The minimum Gasteiger partial charge on any atom is -0.355 e. The van der Waals surface area contributed by atoms with Gasteiger partial charge in [-0.05, 0) is 36.2 Å². The van der Waals surface area contributed by atoms with Crippen molar-refractivity contribution in [3.8, 4) is 0 Å². The van der Waals surface area contributed by atoms with E-state index in [1.165, 1.54) is 10.5 Å². The summed E-state index contributed by atoms with van der Waals surface area (Å²) in [6, 6.07) is 8.48. The van der Waals surface area contributed by atoms with Gasteiger partial charge in [0.2, 0.25) is 0 Å². The standard InChI is InChI=1S/C19H26BrN5S/c1-14(26-18-6-4-17(20)5-7-18)10-22-19(21-2)25-9-8-15(13-25)16-11-23-24(3)12-16/h4-7,11-12,14-15H,8-10,13H2,1-3H3,(H,21,22). The summed E-state index contributed by atoms with van der Waals surface area (Å²) in [5, 5.41) is 8.31. The highest BCUT2D eigenvalue weighted by Gasteiger charge is 2.27. The molecule has 0 spiro atoms. The SMILES string of the molecule is CN=C(NCC(C)Sc1ccc(Br)cc1)N1CCC(c2cnn(C)c2)C1. The molecule has 7 heteroatoms. The number of rotatable bonds is 5. The van der Waals surface area contributed by atoms with E-state index < -0.39 is 0 Å². The van der Waals surface area contributed by atoms with Crippen molar-refractivity contribution in [3.05, 3.63) is 46.7 Å². The number of likely N-dealkylation sites (tertiary alicyclic amines) is 1. The molecule has 1 aromatic heterocycles. The number of benzene rings is 1. The van der Waals surface area contributed by atoms with E-state index in [4.69, 9.17) is 0 Å². The second kappa shape index (κ2) is 8.95. The summed E-state index contributed by atoms with van der Waals surface area (Å²) in [6.45, 7) is 5.17. The van der Waals surface area contributed by atoms with Gasteiger partial charge in [0, 0.05) is 60.5 Å². The Balaban J connectivity index is 1.49. The predicted octanol–water partition coefficient (Wildman–Crippen LogP) is 3.73. The van der Waals surface area contributed by atoms with Crippen molar-refractivity contribution in [1.29, 1.82) is 0 Å². The molecule has 2 heterocycles. The molecule has 0 aliphatic carbocycles. The third kappa shape index (κ3) is 5.04. The Morgan fingerprint density at radius 2 is 2.19 bits per heavy atom. The monoisotopic (exact) mass is 435 g/mol. The number of nitrogens with zero attached hydrogens (tertiary/aromatic N) is 4. The number of nitrogens with one attached hydrogen (secondary N) is 1. The van der Waals surface area contributed by atoms with Gasteiger partial charge in [0.1, 0.15) is 0 Å². The smallest absolute Gasteiger partial charge is 0.193 e. The van der Waals surface area contributed by atoms with Gasteiger partial charge in [0.15, 0.2) is 5.96 Å². The van der Waals surface area contributed by atoms with Crippen LogP contribution in [0.5, 0.6) is 0 Å². The van der Waals surface area contributed by atoms with Crippen LogP contribution in [0.15, 0.2) is 51.0 Å². The van der Waals surface area contributed by atoms with E-state index in [1.807, 2.05) is 36.7 Å². The molecule has 1 aliphatic rings. The Hall–Kier alpha value is -1.47. The molecular weight excluding hydrogens is 410 g/mol. The molecule has 5 nitrogen and oxygen atoms in total. The largest absolute Gasteiger partial charge is 0.355 e. The summed E-state index contributed by atoms with van der Waals surface area (Å²) >= 11 is 5.36. The van der Waals surface area contributed by atoms with Crippen molar-refractivity contribution in [3.63, 3.8) is 0 Å². The number of aryl methyl sites for hydroxylation is 1. The van der Waals surface area contributed by atoms with E-state index in [9.17, 15) is 0 Å². The lowest BCUT2D eigenvalue weighted by molar-refractivity contribution is 0.486. The summed E-state index contributed by atoms with van der Waals surface area (Å²) in [5.74, 6) is 1.54. The number of guanidine groups is 1. The van der Waals surface area contributed by atoms with Crippen LogP contribution in [0.1, 0.15) is 24.8 Å². The molecule has 2 atom stereocenters. The molecule has 1 N–H and O–H groups in total. The average molecular weight is 436 g/mol. The maximum Gasteiger partial charge on any atom is 0.193 e. The molecular formula is C19H26BrN5S. The van der Waals surface area contributed by atoms with Crippen LogP contribution >= 0.6 is 27.7 Å². The van der Waals surface area contributed by atoms with Gasteiger partial charge in [-0.2, -0.15) is 5.10 Å². The summed E-state index contributed by atoms with van der Waals surface area (Å²) in [7, 11) is 3.84. The van der Waals surface area contributed by atoms with E-state index >= 15 is 0 Å². The highest BCUT2D eigenvalue weighted by atomic mass is 79.9. The van der Waals surface area contributed by atoms with Gasteiger partial charge in [-0.1, -0.05) is 22.9 Å². The third-order valence-corrected chi connectivity index (χ3v) is 6.24. The van der Waals surface area contributed by atoms with Crippen molar-refractivity contribution < 1.29 is 0 Å². The maximum absolute atomic E-state index is 4.49. The van der Waals surface area contributed by atoms with Crippen LogP contribution in [0, 0.1) is 0 Å². The molecule has 26 heavy (non-hydrogen) atoms. The van der Waals surface area contributed by atoms with Gasteiger partial charge in [-0.25, -0.2) is 0 Å². The second-order valence-electron chi connectivity index (χ2n) is 6.69. The molecule has 0 radical (unpaired) electrons. The molecule has 1 saturated heterocycles. The first-order valence-electron chi connectivity index (χ1n) is 8.91. The quantitative estimate of drug-likeness (QED) is 0.441. The summed E-state index contributed by atoms with van der Waals surface area (Å²) in [4.78, 5) is 8.13. The summed E-state index contributed by atoms with van der Waals surface area (Å²) in [5.41, 5.74) is 1.32. The van der Waals surface area contributed by atoms with Crippen molar-refractivity contribution >= 4 is 33.7 Å². The van der Waals surface area contributed by atoms with Gasteiger partial charge in [0.25, 0.3) is 0 Å². The molecule has 0 saturated carbocycles. The highest BCUT2D eigenvalue weighted by molar-refractivity contribution is 9.10. The Bertz CT molecular complexity index is 743. The molecule has 2 aromatic rings. The van der Waals surface area contributed by atoms with Crippen molar-refractivity contribution in [2.45, 2.75) is 29.4 Å². The molecule has 0 bridgehead atoms. The normalized spacial score (nSPS) is 19.0. The van der Waals surface area contributed by atoms with E-state index in [2.05, 4.69) is 73.6 Å². The predicted molar refractivity (Wildman–Crippen MR) is 113 cm³/mol. The average Bonchev–Trinajstić information content (AvgIpc) is 3.27. The van der Waals surface area contributed by atoms with E-state index in [0.29, 0.717) is 11.2 Å². The minimum atomic E-state index is 0.463. The van der Waals surface area contributed by atoms with Crippen LogP contribution in [0.4, 0.5) is 0 Å². The fourth-order valence-corrected chi connectivity index (χ4v) is 4.42. The molecule has 1 aliphatic heterocycles. The number of halogens is 1. The van der Waals surface area contributed by atoms with Crippen molar-refractivity contribution in [2.24, 2.45) is 12.0 Å². The molecule has 1 aromatic carbocycles. The van der Waals surface area contributed by atoms with Crippen LogP contribution in [-0.2, 0) is 7.05 Å². The summed E-state index contributed by atoms with van der Waals surface area (Å²) in [6.07, 6.45) is 5.26. The lowest BCUT2D eigenvalue weighted by Gasteiger charge is -2.23. The zero-order valence-electron chi connectivity index (χ0n) is 15.5. The van der Waals surface area contributed by atoms with Crippen LogP contribution < -0.4 is 5.32 Å². The Morgan fingerprint density at radius 3 is 2.85 bits per heavy atom. The first-order chi connectivity index (χ1) is 12.5. The van der Waals surface area contributed by atoms with Crippen LogP contribution in [0.25, 0.3) is 0 Å². The van der Waals surface area contributed by atoms with E-state index in [0.717, 1.165) is 36.5 Å². The zero-order valence-corrected chi connectivity index (χ0v) is 17.9. The molecule has 0 amide bonds. The van der Waals surface area contributed by atoms with Crippen LogP contribution in [0.2, 0.25) is 0 Å². The van der Waals surface area contributed by atoms with Crippen LogP contribution in [0.3, 0.4) is 0 Å². The Kier molecular flexibility index (Phi) is 6.64. The van der Waals surface area contributed by atoms with E-state index in [1.54, 1.807) is 0 Å². The van der Waals surface area contributed by atoms with Gasteiger partial charge < -0.3 is 10.2 Å². The van der Waals surface area contributed by atoms with Gasteiger partial charge in [-0.3, -0.25) is 9.67 Å². The Morgan fingerprint density at radius 1 is 1.42 bits per heavy atom. The first-order valence-corrected chi connectivity index (χ1v) is 10.6. The highest BCUT2D eigenvalue weighted by Crippen LogP contribution is 2.27. The molecule has 140 valence electrons. The maximum atomic E-state index is 4.49. The number of aromatic nitrogens is 2. The second-order valence-corrected chi connectivity index (χ2v) is 9.12. The molecule has 2 unspecified atom stereocenters. The zero-order chi connectivity index (χ0) is 18.5. The van der Waals surface area contributed by atoms with Crippen LogP contribution in [-0.4, -0.2) is 52.6 Å². The van der Waals surface area contributed by atoms with E-state index in [-0.39, 0.29) is 0 Å². The van der Waals surface area contributed by atoms with Gasteiger partial charge in [0.05, 0.1) is 6.20 Å². The first kappa shape index (κ1) is 19.3. The Labute approximate surface area is 168 Å². The molecule has 3 rings (SSSR count). The van der Waals surface area contributed by atoms with Crippen molar-refractivity contribution in [1.82, 2.24) is 20.0 Å². The lowest BCUT2D eigenvalue weighted by Crippen LogP contribution is -2.42. The topological polar surface area (TPSA) is 45.5 Å². The fourth-order valence-electron chi connectivity index (χ4n) is 3.23. The van der Waals surface area contributed by atoms with Gasteiger partial charge in [-0.15, -0.1) is 11.8 Å². The van der Waals surface area contributed by atoms with Gasteiger partial charge >= 0.3 is 0 Å². The molecule has 1 fully saturated rings. The van der Waals surface area contributed by atoms with Crippen molar-refractivity contribution in [2.75, 3.05) is 26.7 Å². The lowest BCUT2D eigenvalue weighted by atomic mass is 10.0. The number of aliphatic imine (C=N–C) groups is 1. The summed E-state index contributed by atoms with van der Waals surface area (Å²) < 4.78 is 3.00.